The van der Waals surface area contributed by atoms with E-state index in [0.717, 1.165) is 11.3 Å². The van der Waals surface area contributed by atoms with Crippen LogP contribution in [0.1, 0.15) is 5.56 Å². The predicted octanol–water partition coefficient (Wildman–Crippen LogP) is 4.02. The van der Waals surface area contributed by atoms with Crippen LogP contribution < -0.4 is 10.5 Å². The highest BCUT2D eigenvalue weighted by Crippen LogP contribution is 2.27. The van der Waals surface area contributed by atoms with Gasteiger partial charge in [-0.2, -0.15) is 0 Å². The molecule has 0 unspecified atom stereocenters. The van der Waals surface area contributed by atoms with Crippen LogP contribution in [0.25, 0.3) is 0 Å². The molecule has 2 aromatic carbocycles. The topological polar surface area (TPSA) is 72.2 Å². The van der Waals surface area contributed by atoms with Gasteiger partial charge in [-0.25, -0.2) is 13.6 Å². The van der Waals surface area contributed by atoms with Crippen LogP contribution in [0.3, 0.4) is 0 Å². The summed E-state index contributed by atoms with van der Waals surface area (Å²) in [5, 5.41) is 9.42. The fourth-order valence-electron chi connectivity index (χ4n) is 1.69. The van der Waals surface area contributed by atoms with E-state index in [-0.39, 0.29) is 4.90 Å². The minimum Gasteiger partial charge on any atom is -0.380 e. The average Bonchev–Trinajstić information content (AvgIpc) is 2.40. The lowest BCUT2D eigenvalue weighted by atomic mass is 10.2. The zero-order valence-electron chi connectivity index (χ0n) is 10.6. The highest BCUT2D eigenvalue weighted by Gasteiger charge is 2.10. The monoisotopic (exact) mass is 408 g/mol. The Labute approximate surface area is 141 Å². The van der Waals surface area contributed by atoms with E-state index in [1.54, 1.807) is 24.3 Å². The van der Waals surface area contributed by atoms with Crippen molar-refractivity contribution >= 4 is 54.8 Å². The molecule has 0 heterocycles. The Bertz CT molecular complexity index is 782. The van der Waals surface area contributed by atoms with Crippen molar-refractivity contribution in [1.82, 2.24) is 0 Å². The highest BCUT2D eigenvalue weighted by molar-refractivity contribution is 9.10. The molecule has 112 valence electrons. The maximum Gasteiger partial charge on any atom is 0.238 e. The summed E-state index contributed by atoms with van der Waals surface area (Å²) in [5.41, 5.74) is 1.56. The van der Waals surface area contributed by atoms with E-state index in [9.17, 15) is 8.42 Å². The number of hydrogen-bond donors (Lipinski definition) is 2. The zero-order valence-corrected chi connectivity index (χ0v) is 14.5. The first-order valence-electron chi connectivity index (χ1n) is 5.77. The molecule has 2 rings (SSSR count). The predicted molar refractivity (Wildman–Crippen MR) is 89.3 cm³/mol. The van der Waals surface area contributed by atoms with Crippen molar-refractivity contribution in [3.63, 3.8) is 0 Å². The largest absolute Gasteiger partial charge is 0.380 e. The van der Waals surface area contributed by atoms with Crippen LogP contribution in [-0.2, 0) is 16.6 Å². The lowest BCUT2D eigenvalue weighted by Gasteiger charge is -2.11. The first-order chi connectivity index (χ1) is 9.77. The summed E-state index contributed by atoms with van der Waals surface area (Å²) in [7, 11) is -3.72. The van der Waals surface area contributed by atoms with Crippen molar-refractivity contribution < 1.29 is 8.42 Å². The molecule has 0 bridgehead atoms. The fourth-order valence-corrected chi connectivity index (χ4v) is 3.27. The Morgan fingerprint density at radius 1 is 1.14 bits per heavy atom. The number of nitrogens with one attached hydrogen (secondary N) is 1. The first-order valence-corrected chi connectivity index (χ1v) is 8.87. The van der Waals surface area contributed by atoms with Crippen molar-refractivity contribution in [1.29, 1.82) is 0 Å². The van der Waals surface area contributed by atoms with E-state index in [4.69, 9.17) is 28.3 Å². The Morgan fingerprint density at radius 3 is 2.48 bits per heavy atom. The molecule has 3 N–H and O–H groups in total. The molecule has 0 radical (unpaired) electrons. The van der Waals surface area contributed by atoms with Crippen LogP contribution in [0.15, 0.2) is 45.8 Å². The maximum atomic E-state index is 11.3. The standard InChI is InChI=1S/C13H11BrCl2N2O2S/c14-11-6-10(21(17,19)20)2-4-13(11)18-7-8-5-9(15)1-3-12(8)16/h1-6,18H,7H2,(H2,17,19,20). The van der Waals surface area contributed by atoms with Crippen LogP contribution in [-0.4, -0.2) is 8.42 Å². The van der Waals surface area contributed by atoms with E-state index in [1.807, 2.05) is 0 Å². The van der Waals surface area contributed by atoms with Gasteiger partial charge < -0.3 is 5.32 Å². The highest BCUT2D eigenvalue weighted by atomic mass is 79.9. The van der Waals surface area contributed by atoms with E-state index in [0.29, 0.717) is 21.1 Å². The van der Waals surface area contributed by atoms with Gasteiger partial charge in [-0.1, -0.05) is 23.2 Å². The van der Waals surface area contributed by atoms with Gasteiger partial charge in [0.1, 0.15) is 0 Å². The molecule has 0 aliphatic heterocycles. The second-order valence-corrected chi connectivity index (χ2v) is 7.54. The number of anilines is 1. The van der Waals surface area contributed by atoms with E-state index in [1.165, 1.54) is 12.1 Å². The zero-order chi connectivity index (χ0) is 15.6. The number of primary sulfonamides is 1. The number of hydrogen-bond acceptors (Lipinski definition) is 3. The molecule has 0 aromatic heterocycles. The quantitative estimate of drug-likeness (QED) is 0.800. The molecule has 8 heteroatoms. The summed E-state index contributed by atoms with van der Waals surface area (Å²) in [5.74, 6) is 0. The van der Waals surface area contributed by atoms with Gasteiger partial charge in [-0.05, 0) is 57.9 Å². The first kappa shape index (κ1) is 16.6. The number of benzene rings is 2. The molecule has 0 aliphatic rings. The van der Waals surface area contributed by atoms with Gasteiger partial charge in [-0.15, -0.1) is 0 Å². The summed E-state index contributed by atoms with van der Waals surface area (Å²) >= 11 is 15.3. The summed E-state index contributed by atoms with van der Waals surface area (Å²) in [4.78, 5) is 0.0423. The van der Waals surface area contributed by atoms with Crippen molar-refractivity contribution in [2.45, 2.75) is 11.4 Å². The van der Waals surface area contributed by atoms with Gasteiger partial charge in [0.05, 0.1) is 4.90 Å². The van der Waals surface area contributed by atoms with Gasteiger partial charge in [0, 0.05) is 26.8 Å². The molecule has 0 fully saturated rings. The SMILES string of the molecule is NS(=O)(=O)c1ccc(NCc2cc(Cl)ccc2Cl)c(Br)c1. The van der Waals surface area contributed by atoms with Gasteiger partial charge >= 0.3 is 0 Å². The average molecular weight is 410 g/mol. The number of nitrogens with two attached hydrogens (primary N) is 1. The van der Waals surface area contributed by atoms with Gasteiger partial charge in [0.25, 0.3) is 0 Å². The molecule has 4 nitrogen and oxygen atoms in total. The van der Waals surface area contributed by atoms with Crippen LogP contribution in [0, 0.1) is 0 Å². The second kappa shape index (κ2) is 6.54. The normalized spacial score (nSPS) is 11.4. The molecule has 21 heavy (non-hydrogen) atoms. The molecular weight excluding hydrogens is 399 g/mol. The summed E-state index contributed by atoms with van der Waals surface area (Å²) in [6.45, 7) is 0.451. The third-order valence-corrected chi connectivity index (χ3v) is 4.92. The van der Waals surface area contributed by atoms with E-state index in [2.05, 4.69) is 21.2 Å². The third kappa shape index (κ3) is 4.34. The van der Waals surface area contributed by atoms with Crippen molar-refractivity contribution in [3.8, 4) is 0 Å². The lowest BCUT2D eigenvalue weighted by molar-refractivity contribution is 0.598. The van der Waals surface area contributed by atoms with Crippen molar-refractivity contribution in [3.05, 3.63) is 56.5 Å². The van der Waals surface area contributed by atoms with Crippen LogP contribution in [0.5, 0.6) is 0 Å². The Hall–Kier alpha value is -0.790. The Kier molecular flexibility index (Phi) is 5.16. The number of rotatable bonds is 4. The molecule has 0 spiro atoms. The van der Waals surface area contributed by atoms with Gasteiger partial charge in [0.2, 0.25) is 10.0 Å². The number of halogens is 3. The molecule has 0 saturated heterocycles. The fraction of sp³-hybridized carbons (Fsp3) is 0.0769. The van der Waals surface area contributed by atoms with Gasteiger partial charge in [0.15, 0.2) is 0 Å². The Balaban J connectivity index is 2.19. The second-order valence-electron chi connectivity index (χ2n) is 4.28. The molecule has 0 amide bonds. The molecule has 2 aromatic rings. The van der Waals surface area contributed by atoms with E-state index < -0.39 is 10.0 Å². The van der Waals surface area contributed by atoms with Crippen LogP contribution in [0.4, 0.5) is 5.69 Å². The minimum absolute atomic E-state index is 0.0423. The summed E-state index contributed by atoms with van der Waals surface area (Å²) in [6, 6.07) is 9.70. The van der Waals surface area contributed by atoms with E-state index >= 15 is 0 Å². The van der Waals surface area contributed by atoms with Crippen molar-refractivity contribution in [2.75, 3.05) is 5.32 Å². The summed E-state index contributed by atoms with van der Waals surface area (Å²) in [6.07, 6.45) is 0. The minimum atomic E-state index is -3.72. The molecule has 0 atom stereocenters. The third-order valence-electron chi connectivity index (χ3n) is 2.75. The van der Waals surface area contributed by atoms with Crippen molar-refractivity contribution in [2.24, 2.45) is 5.14 Å². The molecule has 0 aliphatic carbocycles. The number of sulfonamides is 1. The van der Waals surface area contributed by atoms with Crippen LogP contribution >= 0.6 is 39.1 Å². The smallest absolute Gasteiger partial charge is 0.238 e. The lowest BCUT2D eigenvalue weighted by Crippen LogP contribution is -2.12. The Morgan fingerprint density at radius 2 is 1.86 bits per heavy atom. The molecule has 0 saturated carbocycles. The van der Waals surface area contributed by atoms with Gasteiger partial charge in [-0.3, -0.25) is 0 Å². The van der Waals surface area contributed by atoms with Crippen LogP contribution in [0.2, 0.25) is 10.0 Å². The summed E-state index contributed by atoms with van der Waals surface area (Å²) < 4.78 is 23.1. The molecular formula is C13H11BrCl2N2O2S. The maximum absolute atomic E-state index is 11.3.